The number of amides is 1. The van der Waals surface area contributed by atoms with Crippen molar-refractivity contribution in [2.45, 2.75) is 135 Å². The molecule has 0 radical (unpaired) electrons. The molecule has 0 aliphatic carbocycles. The van der Waals surface area contributed by atoms with E-state index in [9.17, 15) is 4.79 Å². The maximum Gasteiger partial charge on any atom is 0.220 e. The fourth-order valence-electron chi connectivity index (χ4n) is 5.00. The van der Waals surface area contributed by atoms with Gasteiger partial charge < -0.3 is 22.3 Å². The van der Waals surface area contributed by atoms with E-state index in [0.29, 0.717) is 6.42 Å². The Morgan fingerprint density at radius 2 is 1.08 bits per heavy atom. The molecule has 1 aromatic carbocycles. The number of unbranched alkanes of at least 4 members (excludes halogenated alkanes) is 15. The molecule has 1 amide bonds. The first-order valence-corrected chi connectivity index (χ1v) is 15.0. The van der Waals surface area contributed by atoms with E-state index in [1.54, 1.807) is 0 Å². The Morgan fingerprint density at radius 1 is 0.649 bits per heavy atom. The Morgan fingerprint density at radius 3 is 1.59 bits per heavy atom. The normalized spacial score (nSPS) is 11.6. The molecule has 2 aromatic rings. The van der Waals surface area contributed by atoms with Crippen LogP contribution >= 0.6 is 0 Å². The highest BCUT2D eigenvalue weighted by Gasteiger charge is 2.07. The Labute approximate surface area is 238 Å². The van der Waals surface area contributed by atoms with Gasteiger partial charge in [0.15, 0.2) is 12.4 Å². The van der Waals surface area contributed by atoms with Crippen LogP contribution in [0.1, 0.15) is 122 Å². The summed E-state index contributed by atoms with van der Waals surface area (Å²) < 4.78 is 2.29. The van der Waals surface area contributed by atoms with Crippen LogP contribution < -0.4 is 26.9 Å². The molecule has 208 valence electrons. The number of halogens is 1. The third-order valence-corrected chi connectivity index (χ3v) is 7.14. The van der Waals surface area contributed by atoms with E-state index in [1.165, 1.54) is 102 Å². The molecule has 1 atom stereocenters. The van der Waals surface area contributed by atoms with Crippen LogP contribution in [0, 0.1) is 0 Å². The van der Waals surface area contributed by atoms with Crippen LogP contribution in [0.25, 0.3) is 0 Å². The van der Waals surface area contributed by atoms with Gasteiger partial charge in [0.1, 0.15) is 6.54 Å². The largest absolute Gasteiger partial charge is 1.00 e. The number of aromatic nitrogens is 1. The lowest BCUT2D eigenvalue weighted by molar-refractivity contribution is -0.697. The maximum atomic E-state index is 12.1. The van der Waals surface area contributed by atoms with Gasteiger partial charge in [0.25, 0.3) is 0 Å². The summed E-state index contributed by atoms with van der Waals surface area (Å²) in [5.74, 6) is 0.209. The highest BCUT2D eigenvalue weighted by molar-refractivity contribution is 5.76. The molecule has 4 heteroatoms. The van der Waals surface area contributed by atoms with Gasteiger partial charge in [-0.3, -0.25) is 4.79 Å². The van der Waals surface area contributed by atoms with Crippen molar-refractivity contribution < 1.29 is 26.3 Å². The van der Waals surface area contributed by atoms with Gasteiger partial charge in [-0.1, -0.05) is 120 Å². The van der Waals surface area contributed by atoms with Gasteiger partial charge in [0.05, 0.1) is 0 Å². The SMILES string of the molecule is CC(Cc1ccccc1)NC(=O)CCCCCCCCCCCCCCCCCC[n+]1ccccc1.[Br-]. The van der Waals surface area contributed by atoms with Gasteiger partial charge in [-0.2, -0.15) is 0 Å². The molecular formula is C33H53BrN2O. The summed E-state index contributed by atoms with van der Waals surface area (Å²) >= 11 is 0. The lowest BCUT2D eigenvalue weighted by atomic mass is 10.0. The average Bonchev–Trinajstić information content (AvgIpc) is 2.89. The number of rotatable bonds is 22. The maximum absolute atomic E-state index is 12.1. The molecule has 2 rings (SSSR count). The van der Waals surface area contributed by atoms with Crippen molar-refractivity contribution in [3.63, 3.8) is 0 Å². The molecule has 1 unspecified atom stereocenters. The molecule has 1 aromatic heterocycles. The van der Waals surface area contributed by atoms with Crippen LogP contribution in [0.5, 0.6) is 0 Å². The van der Waals surface area contributed by atoms with E-state index < -0.39 is 0 Å². The number of hydrogen-bond donors (Lipinski definition) is 1. The summed E-state index contributed by atoms with van der Waals surface area (Å²) in [6, 6.07) is 16.9. The zero-order chi connectivity index (χ0) is 25.5. The minimum absolute atomic E-state index is 0. The van der Waals surface area contributed by atoms with Crippen molar-refractivity contribution in [1.82, 2.24) is 5.32 Å². The van der Waals surface area contributed by atoms with Crippen molar-refractivity contribution in [2.24, 2.45) is 0 Å². The van der Waals surface area contributed by atoms with E-state index in [0.717, 1.165) is 19.4 Å². The minimum atomic E-state index is 0. The fourth-order valence-corrected chi connectivity index (χ4v) is 5.00. The molecule has 3 nitrogen and oxygen atoms in total. The number of hydrogen-bond acceptors (Lipinski definition) is 1. The number of aryl methyl sites for hydroxylation is 1. The van der Waals surface area contributed by atoms with E-state index in [4.69, 9.17) is 0 Å². The summed E-state index contributed by atoms with van der Waals surface area (Å²) in [7, 11) is 0. The standard InChI is InChI=1S/C33H52N2O.BrH/c1-31(30-32-24-18-16-19-25-32)34-33(36)26-20-14-12-10-8-6-4-2-3-5-7-9-11-13-15-21-27-35-28-22-17-23-29-35;/h16-19,22-25,28-29,31H,2-15,20-21,26-27,30H2,1H3;1H. The van der Waals surface area contributed by atoms with Crippen LogP contribution in [0.2, 0.25) is 0 Å². The van der Waals surface area contributed by atoms with E-state index >= 15 is 0 Å². The smallest absolute Gasteiger partial charge is 0.220 e. The summed E-state index contributed by atoms with van der Waals surface area (Å²) in [6.45, 7) is 3.26. The first kappa shape index (κ1) is 33.3. The number of carbonyl (C=O) groups excluding carboxylic acids is 1. The van der Waals surface area contributed by atoms with E-state index in [2.05, 4.69) is 71.7 Å². The first-order chi connectivity index (χ1) is 17.7. The van der Waals surface area contributed by atoms with Crippen LogP contribution in [-0.2, 0) is 17.8 Å². The average molecular weight is 574 g/mol. The second kappa shape index (κ2) is 23.4. The predicted octanol–water partition coefficient (Wildman–Crippen LogP) is 5.36. The van der Waals surface area contributed by atoms with Gasteiger partial charge in [-0.05, 0) is 31.7 Å². The van der Waals surface area contributed by atoms with Crippen LogP contribution in [0.3, 0.4) is 0 Å². The molecule has 0 saturated carbocycles. The Kier molecular flexibility index (Phi) is 21.1. The zero-order valence-electron chi connectivity index (χ0n) is 23.5. The molecule has 0 aliphatic rings. The lowest BCUT2D eigenvalue weighted by Crippen LogP contribution is -3.00. The van der Waals surface area contributed by atoms with Crippen LogP contribution in [0.15, 0.2) is 60.9 Å². The zero-order valence-corrected chi connectivity index (χ0v) is 25.1. The molecular weight excluding hydrogens is 520 g/mol. The van der Waals surface area contributed by atoms with Crippen molar-refractivity contribution >= 4 is 5.91 Å². The fraction of sp³-hybridized carbons (Fsp3) is 0.636. The van der Waals surface area contributed by atoms with Gasteiger partial charge >= 0.3 is 0 Å². The third kappa shape index (κ3) is 19.1. The monoisotopic (exact) mass is 572 g/mol. The number of nitrogens with zero attached hydrogens (tertiary/aromatic N) is 1. The number of benzene rings is 1. The predicted molar refractivity (Wildman–Crippen MR) is 153 cm³/mol. The van der Waals surface area contributed by atoms with Gasteiger partial charge in [0.2, 0.25) is 5.91 Å². The minimum Gasteiger partial charge on any atom is -1.00 e. The van der Waals surface area contributed by atoms with Crippen molar-refractivity contribution in [3.05, 3.63) is 66.5 Å². The second-order valence-corrected chi connectivity index (χ2v) is 10.7. The van der Waals surface area contributed by atoms with E-state index in [1.807, 2.05) is 6.07 Å². The Balaban J connectivity index is 0.00000684. The molecule has 1 N–H and O–H groups in total. The molecule has 0 aliphatic heterocycles. The summed E-state index contributed by atoms with van der Waals surface area (Å²) in [5.41, 5.74) is 1.28. The lowest BCUT2D eigenvalue weighted by Gasteiger charge is -2.14. The van der Waals surface area contributed by atoms with Gasteiger partial charge in [-0.15, -0.1) is 0 Å². The van der Waals surface area contributed by atoms with Crippen molar-refractivity contribution in [1.29, 1.82) is 0 Å². The third-order valence-electron chi connectivity index (χ3n) is 7.14. The molecule has 1 heterocycles. The quantitative estimate of drug-likeness (QED) is 0.149. The van der Waals surface area contributed by atoms with Crippen LogP contribution in [-0.4, -0.2) is 11.9 Å². The summed E-state index contributed by atoms with van der Waals surface area (Å²) in [6.07, 6.45) is 27.4. The number of carbonyl (C=O) groups is 1. The first-order valence-electron chi connectivity index (χ1n) is 15.0. The van der Waals surface area contributed by atoms with Crippen molar-refractivity contribution in [2.75, 3.05) is 0 Å². The Bertz CT molecular complexity index is 768. The molecule has 37 heavy (non-hydrogen) atoms. The number of nitrogens with one attached hydrogen (secondary N) is 1. The Hall–Kier alpha value is -1.68. The van der Waals surface area contributed by atoms with Gasteiger partial charge in [-0.25, -0.2) is 4.57 Å². The second-order valence-electron chi connectivity index (χ2n) is 10.7. The molecule has 0 spiro atoms. The summed E-state index contributed by atoms with van der Waals surface area (Å²) in [5, 5.41) is 3.15. The highest BCUT2D eigenvalue weighted by atomic mass is 79.9. The van der Waals surface area contributed by atoms with Crippen molar-refractivity contribution in [3.8, 4) is 0 Å². The summed E-state index contributed by atoms with van der Waals surface area (Å²) in [4.78, 5) is 12.1. The van der Waals surface area contributed by atoms with Gasteiger partial charge in [0, 0.05) is 31.0 Å². The molecule has 0 saturated heterocycles. The topological polar surface area (TPSA) is 33.0 Å². The highest BCUT2D eigenvalue weighted by Crippen LogP contribution is 2.14. The van der Waals surface area contributed by atoms with E-state index in [-0.39, 0.29) is 28.9 Å². The number of pyridine rings is 1. The molecule has 0 fully saturated rings. The van der Waals surface area contributed by atoms with Crippen LogP contribution in [0.4, 0.5) is 0 Å². The molecule has 0 bridgehead atoms.